The van der Waals surface area contributed by atoms with Crippen molar-refractivity contribution in [3.63, 3.8) is 0 Å². The second-order valence-electron chi connectivity index (χ2n) is 6.71. The van der Waals surface area contributed by atoms with Gasteiger partial charge in [0.1, 0.15) is 0 Å². The van der Waals surface area contributed by atoms with Crippen LogP contribution in [-0.2, 0) is 11.3 Å². The van der Waals surface area contributed by atoms with Crippen LogP contribution in [0.4, 0.5) is 0 Å². The van der Waals surface area contributed by atoms with Gasteiger partial charge in [-0.15, -0.1) is 0 Å². The highest BCUT2D eigenvalue weighted by Crippen LogP contribution is 2.23. The second-order valence-corrected chi connectivity index (χ2v) is 7.12. The van der Waals surface area contributed by atoms with E-state index in [1.807, 2.05) is 0 Å². The van der Waals surface area contributed by atoms with Crippen LogP contribution in [0.25, 0.3) is 10.9 Å². The highest BCUT2D eigenvalue weighted by atomic mass is 35.5. The Morgan fingerprint density at radius 2 is 2.24 bits per heavy atom. The van der Waals surface area contributed by atoms with E-state index in [4.69, 9.17) is 11.6 Å². The third-order valence-corrected chi connectivity index (χ3v) is 5.16. The molecule has 3 rings (SSSR count). The topological polar surface area (TPSA) is 65.2 Å². The lowest BCUT2D eigenvalue weighted by molar-refractivity contribution is -0.119. The molecule has 25 heavy (non-hydrogen) atoms. The first kappa shape index (κ1) is 18.0. The van der Waals surface area contributed by atoms with Crippen LogP contribution in [0.3, 0.4) is 0 Å². The van der Waals surface area contributed by atoms with Crippen molar-refractivity contribution in [3.8, 4) is 0 Å². The maximum Gasteiger partial charge on any atom is 0.216 e. The average molecular weight is 362 g/mol. The number of hydrogen-bond donors (Lipinski definition) is 2. The first-order valence-corrected chi connectivity index (χ1v) is 9.21. The number of carbonyl (C=O) groups is 1. The lowest BCUT2D eigenvalue weighted by atomic mass is 9.99. The molecule has 1 saturated heterocycles. The fourth-order valence-corrected chi connectivity index (χ4v) is 3.82. The predicted molar refractivity (Wildman–Crippen MR) is 101 cm³/mol. The molecule has 6 heteroatoms. The van der Waals surface area contributed by atoms with E-state index in [1.165, 1.54) is 6.42 Å². The van der Waals surface area contributed by atoms with Crippen molar-refractivity contribution in [1.29, 1.82) is 0 Å². The van der Waals surface area contributed by atoms with E-state index in [1.54, 1.807) is 31.2 Å². The Morgan fingerprint density at radius 1 is 1.40 bits per heavy atom. The van der Waals surface area contributed by atoms with E-state index in [0.29, 0.717) is 35.1 Å². The summed E-state index contributed by atoms with van der Waals surface area (Å²) < 4.78 is 0. The third-order valence-electron chi connectivity index (χ3n) is 4.84. The van der Waals surface area contributed by atoms with Crippen LogP contribution < -0.4 is 10.7 Å². The quantitative estimate of drug-likeness (QED) is 0.860. The molecule has 2 heterocycles. The number of hydrogen-bond acceptors (Lipinski definition) is 3. The molecule has 1 aromatic carbocycles. The van der Waals surface area contributed by atoms with Crippen LogP contribution in [0, 0.1) is 0 Å². The van der Waals surface area contributed by atoms with Crippen molar-refractivity contribution < 1.29 is 4.79 Å². The number of fused-ring (bicyclic) bond motifs is 1. The van der Waals surface area contributed by atoms with Crippen molar-refractivity contribution in [1.82, 2.24) is 15.2 Å². The van der Waals surface area contributed by atoms with E-state index < -0.39 is 0 Å². The molecule has 1 aliphatic rings. The van der Waals surface area contributed by atoms with Gasteiger partial charge in [-0.2, -0.15) is 0 Å². The number of amides is 1. The van der Waals surface area contributed by atoms with E-state index in [-0.39, 0.29) is 11.3 Å². The maximum absolute atomic E-state index is 12.4. The smallest absolute Gasteiger partial charge is 0.216 e. The van der Waals surface area contributed by atoms with Crippen molar-refractivity contribution >= 4 is 28.4 Å². The molecule has 1 atom stereocenters. The summed E-state index contributed by atoms with van der Waals surface area (Å²) in [6.45, 7) is 3.94. The summed E-state index contributed by atoms with van der Waals surface area (Å²) in [6.07, 6.45) is 4.42. The van der Waals surface area contributed by atoms with Gasteiger partial charge in [0, 0.05) is 43.2 Å². The van der Waals surface area contributed by atoms with Gasteiger partial charge in [0.2, 0.25) is 5.91 Å². The number of aromatic nitrogens is 1. The van der Waals surface area contributed by atoms with E-state index in [0.717, 1.165) is 31.5 Å². The summed E-state index contributed by atoms with van der Waals surface area (Å²) in [5.41, 5.74) is 1.59. The highest BCUT2D eigenvalue weighted by Gasteiger charge is 2.22. The van der Waals surface area contributed by atoms with Crippen LogP contribution in [0.15, 0.2) is 29.1 Å². The number of nitrogens with zero attached hydrogens (tertiary/aromatic N) is 1. The number of rotatable bonds is 5. The summed E-state index contributed by atoms with van der Waals surface area (Å²) in [5, 5.41) is 4.07. The molecule has 1 aromatic heterocycles. The standard InChI is InChI=1S/C19H24ClN3O2/c1-13(24)21-9-8-15-5-2-3-10-23(15)12-14-11-18(25)16-6-4-7-17(20)19(16)22-14/h4,6-7,11,15H,2-3,5,8-10,12H2,1H3,(H,21,24)(H,22,25)/t15-/m0/s1. The van der Waals surface area contributed by atoms with E-state index in [9.17, 15) is 9.59 Å². The van der Waals surface area contributed by atoms with Crippen molar-refractivity contribution in [2.75, 3.05) is 13.1 Å². The van der Waals surface area contributed by atoms with Gasteiger partial charge in [0.25, 0.3) is 0 Å². The van der Waals surface area contributed by atoms with Gasteiger partial charge in [-0.05, 0) is 37.9 Å². The molecule has 0 saturated carbocycles. The zero-order chi connectivity index (χ0) is 17.8. The second kappa shape index (κ2) is 8.02. The van der Waals surface area contributed by atoms with Crippen LogP contribution >= 0.6 is 11.6 Å². The molecule has 0 radical (unpaired) electrons. The summed E-state index contributed by atoms with van der Waals surface area (Å²) in [4.78, 5) is 29.2. The Bertz CT molecular complexity index is 818. The number of halogens is 1. The Morgan fingerprint density at radius 3 is 3.04 bits per heavy atom. The van der Waals surface area contributed by atoms with Gasteiger partial charge < -0.3 is 10.3 Å². The zero-order valence-electron chi connectivity index (χ0n) is 14.5. The Balaban J connectivity index is 1.77. The minimum absolute atomic E-state index is 0.00180. The highest BCUT2D eigenvalue weighted by molar-refractivity contribution is 6.35. The van der Waals surface area contributed by atoms with Crippen LogP contribution in [0.2, 0.25) is 5.02 Å². The molecule has 0 bridgehead atoms. The van der Waals surface area contributed by atoms with Gasteiger partial charge >= 0.3 is 0 Å². The minimum atomic E-state index is -0.00180. The number of carbonyl (C=O) groups excluding carboxylic acids is 1. The van der Waals surface area contributed by atoms with Gasteiger partial charge in [-0.25, -0.2) is 0 Å². The van der Waals surface area contributed by atoms with Gasteiger partial charge in [-0.3, -0.25) is 14.5 Å². The molecule has 0 aliphatic carbocycles. The average Bonchev–Trinajstić information content (AvgIpc) is 2.57. The Kier molecular flexibility index (Phi) is 5.76. The summed E-state index contributed by atoms with van der Waals surface area (Å²) in [6, 6.07) is 7.48. The Hall–Kier alpha value is -1.85. The zero-order valence-corrected chi connectivity index (χ0v) is 15.2. The van der Waals surface area contributed by atoms with Gasteiger partial charge in [-0.1, -0.05) is 24.1 Å². The fourth-order valence-electron chi connectivity index (χ4n) is 3.60. The fraction of sp³-hybridized carbons (Fsp3) is 0.474. The molecule has 1 fully saturated rings. The number of piperidine rings is 1. The molecular weight excluding hydrogens is 338 g/mol. The normalized spacial score (nSPS) is 18.4. The molecule has 0 spiro atoms. The minimum Gasteiger partial charge on any atom is -0.356 e. The van der Waals surface area contributed by atoms with Crippen LogP contribution in [0.1, 0.15) is 38.3 Å². The molecule has 1 amide bonds. The van der Waals surface area contributed by atoms with Crippen molar-refractivity contribution in [2.45, 2.75) is 45.2 Å². The number of likely N-dealkylation sites (tertiary alicyclic amines) is 1. The van der Waals surface area contributed by atoms with Crippen molar-refractivity contribution in [2.24, 2.45) is 0 Å². The van der Waals surface area contributed by atoms with E-state index >= 15 is 0 Å². The SMILES string of the molecule is CC(=O)NCC[C@@H]1CCCCN1Cc1cc(=O)c2cccc(Cl)c2[nH]1. The lowest BCUT2D eigenvalue weighted by Crippen LogP contribution is -2.41. The van der Waals surface area contributed by atoms with Crippen LogP contribution in [-0.4, -0.2) is 34.9 Å². The van der Waals surface area contributed by atoms with E-state index in [2.05, 4.69) is 15.2 Å². The number of aromatic amines is 1. The number of pyridine rings is 1. The monoisotopic (exact) mass is 361 g/mol. The Labute approximate surface area is 152 Å². The van der Waals surface area contributed by atoms with Crippen molar-refractivity contribution in [3.05, 3.63) is 45.2 Å². The first-order chi connectivity index (χ1) is 12.0. The summed E-state index contributed by atoms with van der Waals surface area (Å²) in [5.74, 6) is 0.0101. The molecular formula is C19H24ClN3O2. The number of benzene rings is 1. The molecule has 134 valence electrons. The lowest BCUT2D eigenvalue weighted by Gasteiger charge is -2.35. The molecule has 2 aromatic rings. The van der Waals surface area contributed by atoms with Gasteiger partial charge in [0.05, 0.1) is 10.5 Å². The molecule has 0 unspecified atom stereocenters. The maximum atomic E-state index is 12.4. The number of H-pyrrole nitrogens is 1. The van der Waals surface area contributed by atoms with Gasteiger partial charge in [0.15, 0.2) is 5.43 Å². The molecule has 2 N–H and O–H groups in total. The predicted octanol–water partition coefficient (Wildman–Crippen LogP) is 3.06. The molecule has 5 nitrogen and oxygen atoms in total. The number of para-hydroxylation sites is 1. The third kappa shape index (κ3) is 4.41. The summed E-state index contributed by atoms with van der Waals surface area (Å²) >= 11 is 6.25. The first-order valence-electron chi connectivity index (χ1n) is 8.83. The molecule has 1 aliphatic heterocycles. The van der Waals surface area contributed by atoms with Crippen LogP contribution in [0.5, 0.6) is 0 Å². The summed E-state index contributed by atoms with van der Waals surface area (Å²) in [7, 11) is 0. The largest absolute Gasteiger partial charge is 0.356 e. The number of nitrogens with one attached hydrogen (secondary N) is 2.